The summed E-state index contributed by atoms with van der Waals surface area (Å²) in [6, 6.07) is 7.64. The van der Waals surface area contributed by atoms with Crippen molar-refractivity contribution >= 4 is 5.97 Å². The van der Waals surface area contributed by atoms with Crippen LogP contribution in [-0.2, 0) is 4.79 Å². The quantitative estimate of drug-likeness (QED) is 0.923. The number of rotatable bonds is 3. The number of para-hydroxylation sites is 2. The summed E-state index contributed by atoms with van der Waals surface area (Å²) in [5.41, 5.74) is -0.647. The molecule has 0 bridgehead atoms. The molecular formula is C16H21NO4. The van der Waals surface area contributed by atoms with E-state index < -0.39 is 11.4 Å². The van der Waals surface area contributed by atoms with Crippen LogP contribution in [0.3, 0.4) is 0 Å². The first-order valence-corrected chi connectivity index (χ1v) is 7.41. The molecule has 21 heavy (non-hydrogen) atoms. The number of likely N-dealkylation sites (tertiary alicyclic amines) is 1. The fourth-order valence-electron chi connectivity index (χ4n) is 3.12. The summed E-state index contributed by atoms with van der Waals surface area (Å²) in [6.07, 6.45) is 1.60. The lowest BCUT2D eigenvalue weighted by Crippen LogP contribution is -2.50. The van der Waals surface area contributed by atoms with Crippen LogP contribution < -0.4 is 9.47 Å². The number of ether oxygens (including phenoxy) is 2. The Balaban J connectivity index is 1.62. The van der Waals surface area contributed by atoms with E-state index in [1.807, 2.05) is 31.2 Å². The van der Waals surface area contributed by atoms with Crippen LogP contribution in [-0.4, -0.2) is 48.3 Å². The highest BCUT2D eigenvalue weighted by Gasteiger charge is 2.38. The Bertz CT molecular complexity index is 533. The molecule has 0 aromatic heterocycles. The van der Waals surface area contributed by atoms with Gasteiger partial charge < -0.3 is 14.6 Å². The molecule has 1 saturated heterocycles. The molecule has 2 aliphatic heterocycles. The smallest absolute Gasteiger partial charge is 0.310 e. The lowest BCUT2D eigenvalue weighted by atomic mass is 9.82. The van der Waals surface area contributed by atoms with Gasteiger partial charge >= 0.3 is 5.97 Å². The second kappa shape index (κ2) is 5.56. The third-order valence-electron chi connectivity index (χ3n) is 4.32. The van der Waals surface area contributed by atoms with Crippen LogP contribution in [0.1, 0.15) is 19.8 Å². The van der Waals surface area contributed by atoms with Crippen molar-refractivity contribution in [2.75, 3.05) is 26.2 Å². The van der Waals surface area contributed by atoms with Gasteiger partial charge in [0, 0.05) is 13.1 Å². The van der Waals surface area contributed by atoms with Crippen molar-refractivity contribution in [3.8, 4) is 11.5 Å². The number of hydrogen-bond acceptors (Lipinski definition) is 4. The van der Waals surface area contributed by atoms with Gasteiger partial charge in [-0.1, -0.05) is 12.1 Å². The van der Waals surface area contributed by atoms with Crippen molar-refractivity contribution in [1.29, 1.82) is 0 Å². The Morgan fingerprint density at radius 1 is 1.43 bits per heavy atom. The van der Waals surface area contributed by atoms with E-state index >= 15 is 0 Å². The number of piperidine rings is 1. The molecular weight excluding hydrogens is 270 g/mol. The molecule has 1 aromatic rings. The number of fused-ring (bicyclic) bond motifs is 1. The first kappa shape index (κ1) is 14.2. The zero-order valence-corrected chi connectivity index (χ0v) is 12.2. The minimum absolute atomic E-state index is 0.0453. The van der Waals surface area contributed by atoms with Crippen molar-refractivity contribution in [2.45, 2.75) is 25.9 Å². The van der Waals surface area contributed by atoms with E-state index in [0.29, 0.717) is 19.7 Å². The van der Waals surface area contributed by atoms with Crippen LogP contribution in [0.4, 0.5) is 0 Å². The third kappa shape index (κ3) is 2.97. The molecule has 0 radical (unpaired) electrons. The summed E-state index contributed by atoms with van der Waals surface area (Å²) in [5.74, 6) is 0.841. The van der Waals surface area contributed by atoms with Crippen molar-refractivity contribution in [1.82, 2.24) is 4.90 Å². The molecule has 1 fully saturated rings. The summed E-state index contributed by atoms with van der Waals surface area (Å²) in [4.78, 5) is 13.6. The maximum atomic E-state index is 11.4. The first-order valence-electron chi connectivity index (χ1n) is 7.41. The van der Waals surface area contributed by atoms with Crippen molar-refractivity contribution in [3.05, 3.63) is 24.3 Å². The average Bonchev–Trinajstić information content (AvgIpc) is 2.47. The standard InChI is InChI=1S/C16H21NO4/c1-16(15(18)19)7-4-8-17(11-16)9-12-10-20-13-5-2-3-6-14(13)21-12/h2-3,5-6,12H,4,7-11H2,1H3,(H,18,19)/t12-,16-/m0/s1. The van der Waals surface area contributed by atoms with Crippen LogP contribution in [0.15, 0.2) is 24.3 Å². The molecule has 114 valence electrons. The van der Waals surface area contributed by atoms with Gasteiger partial charge in [-0.2, -0.15) is 0 Å². The van der Waals surface area contributed by atoms with Crippen LogP contribution >= 0.6 is 0 Å². The summed E-state index contributed by atoms with van der Waals surface area (Å²) in [7, 11) is 0. The maximum Gasteiger partial charge on any atom is 0.310 e. The van der Waals surface area contributed by atoms with Crippen LogP contribution in [0.5, 0.6) is 11.5 Å². The van der Waals surface area contributed by atoms with E-state index in [1.165, 1.54) is 0 Å². The molecule has 1 aromatic carbocycles. The first-order chi connectivity index (χ1) is 10.1. The Labute approximate surface area is 124 Å². The van der Waals surface area contributed by atoms with Gasteiger partial charge in [-0.05, 0) is 38.4 Å². The molecule has 1 N–H and O–H groups in total. The summed E-state index contributed by atoms with van der Waals surface area (Å²) in [6.45, 7) is 4.54. The van der Waals surface area contributed by atoms with Gasteiger partial charge in [-0.3, -0.25) is 9.69 Å². The van der Waals surface area contributed by atoms with Crippen molar-refractivity contribution < 1.29 is 19.4 Å². The molecule has 0 aliphatic carbocycles. The normalized spacial score (nSPS) is 29.1. The van der Waals surface area contributed by atoms with Gasteiger partial charge in [-0.25, -0.2) is 0 Å². The lowest BCUT2D eigenvalue weighted by Gasteiger charge is -2.39. The minimum Gasteiger partial charge on any atom is -0.486 e. The number of carbonyl (C=O) groups is 1. The van der Waals surface area contributed by atoms with Crippen LogP contribution in [0.2, 0.25) is 0 Å². The van der Waals surface area contributed by atoms with E-state index in [4.69, 9.17) is 9.47 Å². The van der Waals surface area contributed by atoms with Gasteiger partial charge in [0.1, 0.15) is 12.7 Å². The highest BCUT2D eigenvalue weighted by atomic mass is 16.6. The van der Waals surface area contributed by atoms with E-state index in [0.717, 1.165) is 30.9 Å². The fraction of sp³-hybridized carbons (Fsp3) is 0.562. The Hall–Kier alpha value is -1.75. The number of carboxylic acids is 1. The Morgan fingerprint density at radius 2 is 2.19 bits per heavy atom. The predicted octanol–water partition coefficient (Wildman–Crippen LogP) is 2.01. The van der Waals surface area contributed by atoms with Crippen LogP contribution in [0.25, 0.3) is 0 Å². The zero-order chi connectivity index (χ0) is 14.9. The molecule has 3 rings (SSSR count). The summed E-state index contributed by atoms with van der Waals surface area (Å²) < 4.78 is 11.7. The average molecular weight is 291 g/mol. The number of aliphatic carboxylic acids is 1. The molecule has 0 saturated carbocycles. The molecule has 5 nitrogen and oxygen atoms in total. The predicted molar refractivity (Wildman–Crippen MR) is 77.8 cm³/mol. The third-order valence-corrected chi connectivity index (χ3v) is 4.32. The zero-order valence-electron chi connectivity index (χ0n) is 12.2. The molecule has 0 unspecified atom stereocenters. The second-order valence-electron chi connectivity index (χ2n) is 6.20. The fourth-order valence-corrected chi connectivity index (χ4v) is 3.12. The highest BCUT2D eigenvalue weighted by Crippen LogP contribution is 2.33. The molecule has 2 heterocycles. The molecule has 2 atom stereocenters. The van der Waals surface area contributed by atoms with E-state index in [2.05, 4.69) is 4.90 Å². The monoisotopic (exact) mass is 291 g/mol. The number of nitrogens with zero attached hydrogens (tertiary/aromatic N) is 1. The second-order valence-corrected chi connectivity index (χ2v) is 6.20. The van der Waals surface area contributed by atoms with Crippen LogP contribution in [0, 0.1) is 5.41 Å². The van der Waals surface area contributed by atoms with Gasteiger partial charge in [0.05, 0.1) is 5.41 Å². The number of benzene rings is 1. The molecule has 0 amide bonds. The lowest BCUT2D eigenvalue weighted by molar-refractivity contribution is -0.151. The topological polar surface area (TPSA) is 59.0 Å². The number of carboxylic acid groups (broad SMARTS) is 1. The van der Waals surface area contributed by atoms with E-state index in [1.54, 1.807) is 0 Å². The Kier molecular flexibility index (Phi) is 3.76. The van der Waals surface area contributed by atoms with Gasteiger partial charge in [0.25, 0.3) is 0 Å². The SMILES string of the molecule is C[C@]1(C(=O)O)CCCN(C[C@H]2COc3ccccc3O2)C1. The highest BCUT2D eigenvalue weighted by molar-refractivity contribution is 5.74. The Morgan fingerprint density at radius 3 is 2.95 bits per heavy atom. The molecule has 5 heteroatoms. The van der Waals surface area contributed by atoms with Gasteiger partial charge in [0.2, 0.25) is 0 Å². The van der Waals surface area contributed by atoms with E-state index in [-0.39, 0.29) is 6.10 Å². The minimum atomic E-state index is -0.710. The largest absolute Gasteiger partial charge is 0.486 e. The van der Waals surface area contributed by atoms with Gasteiger partial charge in [0.15, 0.2) is 11.5 Å². The van der Waals surface area contributed by atoms with E-state index in [9.17, 15) is 9.90 Å². The molecule has 0 spiro atoms. The summed E-state index contributed by atoms with van der Waals surface area (Å²) >= 11 is 0. The van der Waals surface area contributed by atoms with Crippen molar-refractivity contribution in [2.24, 2.45) is 5.41 Å². The molecule has 2 aliphatic rings. The summed E-state index contributed by atoms with van der Waals surface area (Å²) in [5, 5.41) is 9.37. The number of hydrogen-bond donors (Lipinski definition) is 1. The van der Waals surface area contributed by atoms with Crippen molar-refractivity contribution in [3.63, 3.8) is 0 Å². The van der Waals surface area contributed by atoms with Gasteiger partial charge in [-0.15, -0.1) is 0 Å². The maximum absolute atomic E-state index is 11.4.